The third-order valence-corrected chi connectivity index (χ3v) is 3.86. The number of rotatable bonds is 4. The Labute approximate surface area is 151 Å². The molecule has 25 heavy (non-hydrogen) atoms. The van der Waals surface area contributed by atoms with Crippen LogP contribution in [0.5, 0.6) is 5.75 Å². The molecule has 0 amide bonds. The van der Waals surface area contributed by atoms with Gasteiger partial charge in [0.2, 0.25) is 0 Å². The Kier molecular flexibility index (Phi) is 4.86. The van der Waals surface area contributed by atoms with Crippen LogP contribution >= 0.6 is 12.4 Å². The SMILES string of the molecule is COc1ccccc1-c1ccc(Nc2ccc3[nH]cnc3n2)cc1.Cl. The van der Waals surface area contributed by atoms with Gasteiger partial charge in [0.1, 0.15) is 11.6 Å². The van der Waals surface area contributed by atoms with Crippen LogP contribution in [0.3, 0.4) is 0 Å². The van der Waals surface area contributed by atoms with Crippen molar-refractivity contribution in [2.75, 3.05) is 12.4 Å². The minimum absolute atomic E-state index is 0. The van der Waals surface area contributed by atoms with E-state index in [1.165, 1.54) is 0 Å². The normalized spacial score (nSPS) is 10.3. The van der Waals surface area contributed by atoms with E-state index in [9.17, 15) is 0 Å². The zero-order valence-electron chi connectivity index (χ0n) is 13.6. The van der Waals surface area contributed by atoms with Crippen molar-refractivity contribution in [1.82, 2.24) is 15.0 Å². The van der Waals surface area contributed by atoms with Gasteiger partial charge in [-0.05, 0) is 35.9 Å². The molecular weight excluding hydrogens is 336 g/mol. The molecule has 2 heterocycles. The van der Waals surface area contributed by atoms with Crippen LogP contribution in [0.15, 0.2) is 67.0 Å². The second-order valence-corrected chi connectivity index (χ2v) is 5.37. The fourth-order valence-corrected chi connectivity index (χ4v) is 2.66. The van der Waals surface area contributed by atoms with Gasteiger partial charge in [0, 0.05) is 11.3 Å². The molecule has 126 valence electrons. The van der Waals surface area contributed by atoms with E-state index in [4.69, 9.17) is 4.74 Å². The number of halogens is 1. The number of anilines is 2. The van der Waals surface area contributed by atoms with Gasteiger partial charge >= 0.3 is 0 Å². The number of hydrogen-bond donors (Lipinski definition) is 2. The summed E-state index contributed by atoms with van der Waals surface area (Å²) < 4.78 is 5.42. The number of para-hydroxylation sites is 1. The first-order valence-electron chi connectivity index (χ1n) is 7.64. The summed E-state index contributed by atoms with van der Waals surface area (Å²) in [6, 6.07) is 20.0. The van der Waals surface area contributed by atoms with Crippen LogP contribution in [0, 0.1) is 0 Å². The zero-order chi connectivity index (χ0) is 16.4. The highest BCUT2D eigenvalue weighted by molar-refractivity contribution is 5.85. The highest BCUT2D eigenvalue weighted by Gasteiger charge is 2.05. The van der Waals surface area contributed by atoms with E-state index in [1.807, 2.05) is 48.5 Å². The molecule has 0 bridgehead atoms. The summed E-state index contributed by atoms with van der Waals surface area (Å²) in [7, 11) is 1.69. The minimum Gasteiger partial charge on any atom is -0.496 e. The Morgan fingerprint density at radius 2 is 1.76 bits per heavy atom. The fourth-order valence-electron chi connectivity index (χ4n) is 2.66. The molecule has 0 aliphatic heterocycles. The van der Waals surface area contributed by atoms with E-state index in [2.05, 4.69) is 32.4 Å². The lowest BCUT2D eigenvalue weighted by Gasteiger charge is -2.10. The molecule has 0 unspecified atom stereocenters. The first-order valence-corrected chi connectivity index (χ1v) is 7.64. The first kappa shape index (κ1) is 16.8. The van der Waals surface area contributed by atoms with Crippen molar-refractivity contribution in [2.45, 2.75) is 0 Å². The van der Waals surface area contributed by atoms with E-state index >= 15 is 0 Å². The Morgan fingerprint density at radius 1 is 0.960 bits per heavy atom. The number of H-pyrrole nitrogens is 1. The van der Waals surface area contributed by atoms with Crippen molar-refractivity contribution in [3.8, 4) is 16.9 Å². The number of nitrogens with one attached hydrogen (secondary N) is 2. The summed E-state index contributed by atoms with van der Waals surface area (Å²) >= 11 is 0. The lowest BCUT2D eigenvalue weighted by molar-refractivity contribution is 0.416. The predicted molar refractivity (Wildman–Crippen MR) is 103 cm³/mol. The highest BCUT2D eigenvalue weighted by atomic mass is 35.5. The Balaban J connectivity index is 0.00000182. The van der Waals surface area contributed by atoms with E-state index < -0.39 is 0 Å². The van der Waals surface area contributed by atoms with E-state index in [1.54, 1.807) is 13.4 Å². The average Bonchev–Trinajstić information content (AvgIpc) is 3.10. The molecule has 0 saturated carbocycles. The molecule has 0 fully saturated rings. The topological polar surface area (TPSA) is 62.8 Å². The predicted octanol–water partition coefficient (Wildman–Crippen LogP) is 4.80. The maximum Gasteiger partial charge on any atom is 0.179 e. The number of benzene rings is 2. The van der Waals surface area contributed by atoms with Crippen molar-refractivity contribution in [3.63, 3.8) is 0 Å². The van der Waals surface area contributed by atoms with Gasteiger partial charge in [-0.1, -0.05) is 30.3 Å². The number of hydrogen-bond acceptors (Lipinski definition) is 4. The number of nitrogens with zero attached hydrogens (tertiary/aromatic N) is 2. The van der Waals surface area contributed by atoms with Gasteiger partial charge in [-0.2, -0.15) is 0 Å². The monoisotopic (exact) mass is 352 g/mol. The molecule has 2 N–H and O–H groups in total. The summed E-state index contributed by atoms with van der Waals surface area (Å²) in [5, 5.41) is 3.30. The number of imidazole rings is 1. The van der Waals surface area contributed by atoms with Crippen molar-refractivity contribution in [3.05, 3.63) is 67.0 Å². The average molecular weight is 353 g/mol. The molecule has 0 atom stereocenters. The van der Waals surface area contributed by atoms with Gasteiger partial charge < -0.3 is 15.0 Å². The molecule has 0 spiro atoms. The van der Waals surface area contributed by atoms with Crippen LogP contribution in [0.25, 0.3) is 22.3 Å². The quantitative estimate of drug-likeness (QED) is 0.554. The van der Waals surface area contributed by atoms with Gasteiger partial charge in [-0.25, -0.2) is 9.97 Å². The van der Waals surface area contributed by atoms with Gasteiger partial charge in [-0.15, -0.1) is 12.4 Å². The van der Waals surface area contributed by atoms with Crippen LogP contribution in [-0.2, 0) is 0 Å². The third kappa shape index (κ3) is 3.41. The van der Waals surface area contributed by atoms with E-state index in [0.29, 0.717) is 5.65 Å². The van der Waals surface area contributed by atoms with Crippen molar-refractivity contribution in [1.29, 1.82) is 0 Å². The van der Waals surface area contributed by atoms with Crippen molar-refractivity contribution in [2.24, 2.45) is 0 Å². The van der Waals surface area contributed by atoms with Gasteiger partial charge in [0.25, 0.3) is 0 Å². The lowest BCUT2D eigenvalue weighted by Crippen LogP contribution is -1.94. The molecule has 0 aliphatic rings. The molecule has 5 nitrogen and oxygen atoms in total. The molecule has 6 heteroatoms. The molecule has 0 aliphatic carbocycles. The second-order valence-electron chi connectivity index (χ2n) is 5.37. The largest absolute Gasteiger partial charge is 0.496 e. The van der Waals surface area contributed by atoms with Crippen LogP contribution in [0.1, 0.15) is 0 Å². The maximum atomic E-state index is 5.42. The van der Waals surface area contributed by atoms with Gasteiger partial charge in [-0.3, -0.25) is 0 Å². The smallest absolute Gasteiger partial charge is 0.179 e. The summed E-state index contributed by atoms with van der Waals surface area (Å²) in [4.78, 5) is 11.7. The number of fused-ring (bicyclic) bond motifs is 1. The number of methoxy groups -OCH3 is 1. The van der Waals surface area contributed by atoms with Crippen LogP contribution in [-0.4, -0.2) is 22.1 Å². The van der Waals surface area contributed by atoms with Crippen LogP contribution < -0.4 is 10.1 Å². The highest BCUT2D eigenvalue weighted by Crippen LogP contribution is 2.30. The number of aromatic nitrogens is 3. The minimum atomic E-state index is 0. The van der Waals surface area contributed by atoms with Gasteiger partial charge in [0.05, 0.1) is 19.0 Å². The lowest BCUT2D eigenvalue weighted by atomic mass is 10.0. The van der Waals surface area contributed by atoms with E-state index in [0.717, 1.165) is 33.9 Å². The van der Waals surface area contributed by atoms with Crippen molar-refractivity contribution >= 4 is 35.1 Å². The number of aromatic amines is 1. The third-order valence-electron chi connectivity index (χ3n) is 3.86. The molecule has 2 aromatic heterocycles. The Morgan fingerprint density at radius 3 is 2.56 bits per heavy atom. The summed E-state index contributed by atoms with van der Waals surface area (Å²) in [6.07, 6.45) is 1.64. The van der Waals surface area contributed by atoms with Crippen molar-refractivity contribution < 1.29 is 4.74 Å². The van der Waals surface area contributed by atoms with Crippen LogP contribution in [0.4, 0.5) is 11.5 Å². The second kappa shape index (κ2) is 7.23. The zero-order valence-corrected chi connectivity index (χ0v) is 14.4. The summed E-state index contributed by atoms with van der Waals surface area (Å²) in [5.74, 6) is 1.63. The Hall–Kier alpha value is -3.05. The molecule has 2 aromatic carbocycles. The summed E-state index contributed by atoms with van der Waals surface area (Å²) in [5.41, 5.74) is 4.77. The maximum absolute atomic E-state index is 5.42. The molecule has 0 saturated heterocycles. The Bertz CT molecular complexity index is 982. The molecule has 4 rings (SSSR count). The molecule has 4 aromatic rings. The number of ether oxygens (including phenoxy) is 1. The standard InChI is InChI=1S/C19H16N4O.ClH/c1-24-17-5-3-2-4-15(17)13-6-8-14(9-7-13)22-18-11-10-16-19(23-18)21-12-20-16;/h2-12H,1H3,(H2,20,21,22,23);1H. The molecular formula is C19H17ClN4O. The number of pyridine rings is 1. The van der Waals surface area contributed by atoms with Gasteiger partial charge in [0.15, 0.2) is 5.65 Å². The molecule has 0 radical (unpaired) electrons. The van der Waals surface area contributed by atoms with E-state index in [-0.39, 0.29) is 12.4 Å². The first-order chi connectivity index (χ1) is 11.8. The summed E-state index contributed by atoms with van der Waals surface area (Å²) in [6.45, 7) is 0. The fraction of sp³-hybridized carbons (Fsp3) is 0.0526. The van der Waals surface area contributed by atoms with Crippen LogP contribution in [0.2, 0.25) is 0 Å².